The zero-order valence-electron chi connectivity index (χ0n) is 16.6. The number of carbonyl (C=O) groups excluding carboxylic acids is 1. The number of amides is 1. The molecule has 3 aromatic carbocycles. The van der Waals surface area contributed by atoms with Gasteiger partial charge in [0.25, 0.3) is 5.91 Å². The molecule has 0 bridgehead atoms. The van der Waals surface area contributed by atoms with Gasteiger partial charge in [-0.2, -0.15) is 4.98 Å². The van der Waals surface area contributed by atoms with Gasteiger partial charge in [-0.15, -0.1) is 0 Å². The van der Waals surface area contributed by atoms with Gasteiger partial charge in [0, 0.05) is 29.1 Å². The predicted octanol–water partition coefficient (Wildman–Crippen LogP) is 5.85. The highest BCUT2D eigenvalue weighted by atomic mass is 35.5. The molecule has 0 unspecified atom stereocenters. The highest BCUT2D eigenvalue weighted by Gasteiger charge is 2.10. The second-order valence-corrected chi connectivity index (χ2v) is 6.92. The van der Waals surface area contributed by atoms with E-state index in [4.69, 9.17) is 21.1 Å². The molecule has 0 atom stereocenters. The number of carbonyl (C=O) groups is 1. The highest BCUT2D eigenvalue weighted by Crippen LogP contribution is 2.27. The van der Waals surface area contributed by atoms with Crippen LogP contribution < -0.4 is 14.8 Å². The van der Waals surface area contributed by atoms with Gasteiger partial charge in [0.05, 0.1) is 12.1 Å². The lowest BCUT2D eigenvalue weighted by molar-refractivity contribution is 0.102. The number of halogens is 1. The number of nitrogens with zero attached hydrogens (tertiary/aromatic N) is 2. The first kappa shape index (κ1) is 20.4. The molecule has 0 aliphatic rings. The van der Waals surface area contributed by atoms with Gasteiger partial charge < -0.3 is 14.8 Å². The lowest BCUT2D eigenvalue weighted by Gasteiger charge is -2.09. The van der Waals surface area contributed by atoms with Crippen LogP contribution >= 0.6 is 11.6 Å². The van der Waals surface area contributed by atoms with Crippen molar-refractivity contribution in [2.75, 3.05) is 12.4 Å². The minimum absolute atomic E-state index is 0.255. The molecule has 1 amide bonds. The molecule has 0 saturated heterocycles. The van der Waals surface area contributed by atoms with Crippen molar-refractivity contribution in [1.82, 2.24) is 9.97 Å². The monoisotopic (exact) mass is 431 g/mol. The quantitative estimate of drug-likeness (QED) is 0.414. The van der Waals surface area contributed by atoms with Gasteiger partial charge in [-0.25, -0.2) is 4.98 Å². The van der Waals surface area contributed by atoms with E-state index in [1.54, 1.807) is 54.7 Å². The zero-order chi connectivity index (χ0) is 21.6. The summed E-state index contributed by atoms with van der Waals surface area (Å²) in [5.41, 5.74) is 1.84. The Bertz CT molecular complexity index is 1200. The maximum atomic E-state index is 12.5. The first-order chi connectivity index (χ1) is 15.1. The molecule has 0 spiro atoms. The molecule has 1 N–H and O–H groups in total. The van der Waals surface area contributed by atoms with Crippen molar-refractivity contribution in [3.63, 3.8) is 0 Å². The van der Waals surface area contributed by atoms with Crippen LogP contribution in [0.15, 0.2) is 85.1 Å². The molecule has 0 saturated carbocycles. The van der Waals surface area contributed by atoms with Crippen molar-refractivity contribution in [3.05, 3.63) is 95.6 Å². The van der Waals surface area contributed by atoms with E-state index < -0.39 is 0 Å². The van der Waals surface area contributed by atoms with Gasteiger partial charge in [0.15, 0.2) is 5.82 Å². The summed E-state index contributed by atoms with van der Waals surface area (Å²) in [6.07, 6.45) is 1.63. The third-order valence-electron chi connectivity index (χ3n) is 4.41. The summed E-state index contributed by atoms with van der Waals surface area (Å²) in [7, 11) is 1.54. The van der Waals surface area contributed by atoms with Gasteiger partial charge >= 0.3 is 0 Å². The summed E-state index contributed by atoms with van der Waals surface area (Å²) in [4.78, 5) is 21.3. The number of rotatable bonds is 6. The van der Waals surface area contributed by atoms with Gasteiger partial charge in [-0.05, 0) is 42.5 Å². The summed E-state index contributed by atoms with van der Waals surface area (Å²) < 4.78 is 10.9. The summed E-state index contributed by atoms with van der Waals surface area (Å²) in [5, 5.41) is 3.24. The maximum Gasteiger partial charge on any atom is 0.255 e. The van der Waals surface area contributed by atoms with E-state index in [1.807, 2.05) is 30.3 Å². The SMILES string of the molecule is COc1ccc(NC(=O)c2ccc(-c3nccc(Oc4ccccc4)n3)cc2)cc1Cl. The van der Waals surface area contributed by atoms with Crippen LogP contribution in [0.1, 0.15) is 10.4 Å². The lowest BCUT2D eigenvalue weighted by Crippen LogP contribution is -2.11. The van der Waals surface area contributed by atoms with Gasteiger partial charge in [0.1, 0.15) is 11.5 Å². The normalized spacial score (nSPS) is 10.4. The van der Waals surface area contributed by atoms with Crippen molar-refractivity contribution in [2.45, 2.75) is 0 Å². The Morgan fingerprint density at radius 1 is 0.968 bits per heavy atom. The minimum Gasteiger partial charge on any atom is -0.495 e. The summed E-state index contributed by atoms with van der Waals surface area (Å²) in [6.45, 7) is 0. The molecule has 7 heteroatoms. The van der Waals surface area contributed by atoms with Gasteiger partial charge in [-0.1, -0.05) is 41.9 Å². The summed E-state index contributed by atoms with van der Waals surface area (Å²) in [6, 6.07) is 23.2. The van der Waals surface area contributed by atoms with Crippen LogP contribution in [0.2, 0.25) is 5.02 Å². The second-order valence-electron chi connectivity index (χ2n) is 6.51. The number of ether oxygens (including phenoxy) is 2. The van der Waals surface area contributed by atoms with Crippen molar-refractivity contribution < 1.29 is 14.3 Å². The molecule has 6 nitrogen and oxygen atoms in total. The smallest absolute Gasteiger partial charge is 0.255 e. The lowest BCUT2D eigenvalue weighted by atomic mass is 10.1. The maximum absolute atomic E-state index is 12.5. The average molecular weight is 432 g/mol. The topological polar surface area (TPSA) is 73.3 Å². The summed E-state index contributed by atoms with van der Waals surface area (Å²) >= 11 is 6.11. The van der Waals surface area contributed by atoms with Crippen molar-refractivity contribution in [3.8, 4) is 28.8 Å². The van der Waals surface area contributed by atoms with E-state index in [0.717, 1.165) is 5.56 Å². The van der Waals surface area contributed by atoms with E-state index >= 15 is 0 Å². The molecule has 0 radical (unpaired) electrons. The van der Waals surface area contributed by atoms with Crippen LogP contribution in [0.25, 0.3) is 11.4 Å². The van der Waals surface area contributed by atoms with Crippen molar-refractivity contribution in [2.24, 2.45) is 0 Å². The number of hydrogen-bond donors (Lipinski definition) is 1. The van der Waals surface area contributed by atoms with Gasteiger partial charge in [0.2, 0.25) is 5.88 Å². The zero-order valence-corrected chi connectivity index (χ0v) is 17.3. The van der Waals surface area contributed by atoms with Crippen LogP contribution in [-0.2, 0) is 0 Å². The van der Waals surface area contributed by atoms with Crippen molar-refractivity contribution in [1.29, 1.82) is 0 Å². The number of anilines is 1. The minimum atomic E-state index is -0.255. The molecule has 154 valence electrons. The Balaban J connectivity index is 1.47. The molecule has 4 aromatic rings. The van der Waals surface area contributed by atoms with Crippen molar-refractivity contribution >= 4 is 23.2 Å². The Kier molecular flexibility index (Phi) is 6.10. The number of aromatic nitrogens is 2. The molecule has 1 heterocycles. The largest absolute Gasteiger partial charge is 0.495 e. The molecular formula is C24H18ClN3O3. The van der Waals surface area contributed by atoms with Crippen LogP contribution in [-0.4, -0.2) is 23.0 Å². The Morgan fingerprint density at radius 2 is 1.74 bits per heavy atom. The van der Waals surface area contributed by atoms with Gasteiger partial charge in [-0.3, -0.25) is 4.79 Å². The third kappa shape index (κ3) is 4.99. The number of nitrogens with one attached hydrogen (secondary N) is 1. The molecule has 0 fully saturated rings. The fourth-order valence-corrected chi connectivity index (χ4v) is 3.12. The van der Waals surface area contributed by atoms with Crippen LogP contribution in [0, 0.1) is 0 Å². The number of hydrogen-bond acceptors (Lipinski definition) is 5. The number of methoxy groups -OCH3 is 1. The fraction of sp³-hybridized carbons (Fsp3) is 0.0417. The average Bonchev–Trinajstić information content (AvgIpc) is 2.80. The molecule has 4 rings (SSSR count). The van der Waals surface area contributed by atoms with E-state index in [1.165, 1.54) is 7.11 Å². The van der Waals surface area contributed by atoms with E-state index in [-0.39, 0.29) is 5.91 Å². The Morgan fingerprint density at radius 3 is 2.45 bits per heavy atom. The molecule has 0 aliphatic heterocycles. The van der Waals surface area contributed by atoms with Crippen LogP contribution in [0.5, 0.6) is 17.4 Å². The number of para-hydroxylation sites is 1. The van der Waals surface area contributed by atoms with E-state index in [9.17, 15) is 4.79 Å². The Labute approximate surface area is 184 Å². The van der Waals surface area contributed by atoms with Crippen LogP contribution in [0.4, 0.5) is 5.69 Å². The first-order valence-electron chi connectivity index (χ1n) is 9.43. The molecule has 31 heavy (non-hydrogen) atoms. The third-order valence-corrected chi connectivity index (χ3v) is 4.71. The fourth-order valence-electron chi connectivity index (χ4n) is 2.87. The van der Waals surface area contributed by atoms with E-state index in [2.05, 4.69) is 15.3 Å². The summed E-state index contributed by atoms with van der Waals surface area (Å²) in [5.74, 6) is 1.92. The Hall–Kier alpha value is -3.90. The van der Waals surface area contributed by atoms with E-state index in [0.29, 0.717) is 39.5 Å². The first-order valence-corrected chi connectivity index (χ1v) is 9.81. The molecular weight excluding hydrogens is 414 g/mol. The second kappa shape index (κ2) is 9.28. The molecule has 1 aromatic heterocycles. The standard InChI is InChI=1S/C24H18ClN3O3/c1-30-21-12-11-18(15-20(21)25)27-24(29)17-9-7-16(8-10-17)23-26-14-13-22(28-23)31-19-5-3-2-4-6-19/h2-15H,1H3,(H,27,29). The van der Waals surface area contributed by atoms with Crippen LogP contribution in [0.3, 0.4) is 0 Å². The predicted molar refractivity (Wildman–Crippen MR) is 120 cm³/mol. The number of benzene rings is 3. The highest BCUT2D eigenvalue weighted by molar-refractivity contribution is 6.32. The molecule has 0 aliphatic carbocycles.